The van der Waals surface area contributed by atoms with Gasteiger partial charge in [-0.1, -0.05) is 12.5 Å². The first-order valence-corrected chi connectivity index (χ1v) is 14.8. The number of hydrogen-bond donors (Lipinski definition) is 7. The van der Waals surface area contributed by atoms with E-state index in [2.05, 4.69) is 10.3 Å². The van der Waals surface area contributed by atoms with Gasteiger partial charge in [0.25, 0.3) is 0 Å². The van der Waals surface area contributed by atoms with E-state index >= 15 is 0 Å². The number of hydrogen-bond acceptors (Lipinski definition) is 11. The largest absolute Gasteiger partial charge is 0.504 e. The first-order valence-electron chi connectivity index (χ1n) is 14.8. The molecule has 0 unspecified atom stereocenters. The summed E-state index contributed by atoms with van der Waals surface area (Å²) in [7, 11) is 0. The molecule has 2 aromatic rings. The van der Waals surface area contributed by atoms with Crippen molar-refractivity contribution < 1.29 is 49.6 Å². The quantitative estimate of drug-likeness (QED) is 0.158. The number of ether oxygens (including phenoxy) is 3. The van der Waals surface area contributed by atoms with E-state index in [1.54, 1.807) is 50.5 Å². The van der Waals surface area contributed by atoms with Crippen molar-refractivity contribution in [2.75, 3.05) is 6.61 Å². The highest BCUT2D eigenvalue weighted by Crippen LogP contribution is 2.43. The minimum absolute atomic E-state index is 0.00347. The molecule has 44 heavy (non-hydrogen) atoms. The number of aromatic hydroxyl groups is 1. The number of amides is 1. The zero-order valence-corrected chi connectivity index (χ0v) is 24.6. The number of carbonyl (C=O) groups excluding carboxylic acids is 1. The highest BCUT2D eigenvalue weighted by Gasteiger charge is 2.51. The molecule has 12 nitrogen and oxygen atoms in total. The second kappa shape index (κ2) is 13.6. The van der Waals surface area contributed by atoms with Crippen molar-refractivity contribution in [3.8, 4) is 17.2 Å². The SMILES string of the molecule is C/C(=C\c1ccc(O[C@@H]2O[C@H](/C(C)=C/COc3cccnc3)[C@@H](O)[C@@H]2O)c(O)c1)C(=O)N[C@@H]1[C@H](O)[C@@H](O)[C@H]2CCC[C@H]2[C@@H]1O. The maximum Gasteiger partial charge on any atom is 0.247 e. The van der Waals surface area contributed by atoms with Crippen molar-refractivity contribution in [1.82, 2.24) is 10.3 Å². The number of nitrogens with one attached hydrogen (secondary N) is 1. The number of aliphatic hydroxyl groups excluding tert-OH is 5. The zero-order chi connectivity index (χ0) is 31.5. The fourth-order valence-electron chi connectivity index (χ4n) is 6.34. The number of rotatable bonds is 9. The maximum atomic E-state index is 12.9. The van der Waals surface area contributed by atoms with Gasteiger partial charge in [-0.2, -0.15) is 0 Å². The van der Waals surface area contributed by atoms with Crippen LogP contribution in [0.4, 0.5) is 0 Å². The first kappa shape index (κ1) is 31.9. The lowest BCUT2D eigenvalue weighted by atomic mass is 9.73. The molecule has 1 aromatic carbocycles. The van der Waals surface area contributed by atoms with E-state index in [0.717, 1.165) is 19.3 Å². The second-order valence-corrected chi connectivity index (χ2v) is 11.8. The highest BCUT2D eigenvalue weighted by atomic mass is 16.7. The number of nitrogens with zero attached hydrogens (tertiary/aromatic N) is 1. The molecule has 1 aromatic heterocycles. The van der Waals surface area contributed by atoms with E-state index in [-0.39, 0.29) is 35.5 Å². The van der Waals surface area contributed by atoms with Gasteiger partial charge in [-0.15, -0.1) is 0 Å². The predicted molar refractivity (Wildman–Crippen MR) is 157 cm³/mol. The lowest BCUT2D eigenvalue weighted by Gasteiger charge is -2.43. The number of aliphatic hydroxyl groups is 5. The average molecular weight is 613 g/mol. The summed E-state index contributed by atoms with van der Waals surface area (Å²) < 4.78 is 17.0. The number of fused-ring (bicyclic) bond motifs is 1. The molecule has 1 amide bonds. The molecule has 1 saturated heterocycles. The lowest BCUT2D eigenvalue weighted by molar-refractivity contribution is -0.139. The summed E-state index contributed by atoms with van der Waals surface area (Å²) in [6.07, 6.45) is 0.684. The molecule has 0 radical (unpaired) electrons. The van der Waals surface area contributed by atoms with Crippen molar-refractivity contribution >= 4 is 12.0 Å². The van der Waals surface area contributed by atoms with Gasteiger partial charge in [-0.25, -0.2) is 0 Å². The summed E-state index contributed by atoms with van der Waals surface area (Å²) in [5.41, 5.74) is 1.33. The van der Waals surface area contributed by atoms with Crippen molar-refractivity contribution in [2.24, 2.45) is 11.8 Å². The average Bonchev–Trinajstić information content (AvgIpc) is 3.61. The van der Waals surface area contributed by atoms with Gasteiger partial charge in [-0.3, -0.25) is 9.78 Å². The van der Waals surface area contributed by atoms with Crippen LogP contribution in [0.25, 0.3) is 6.08 Å². The van der Waals surface area contributed by atoms with E-state index < -0.39 is 54.9 Å². The molecule has 10 atom stereocenters. The molecule has 2 aliphatic carbocycles. The van der Waals surface area contributed by atoms with Crippen LogP contribution in [-0.2, 0) is 9.53 Å². The van der Waals surface area contributed by atoms with Crippen LogP contribution in [0.3, 0.4) is 0 Å². The number of aromatic nitrogens is 1. The van der Waals surface area contributed by atoms with Crippen LogP contribution in [0.2, 0.25) is 0 Å². The molecule has 238 valence electrons. The van der Waals surface area contributed by atoms with Crippen molar-refractivity contribution in [3.63, 3.8) is 0 Å². The Hall–Kier alpha value is -3.52. The van der Waals surface area contributed by atoms with E-state index in [1.165, 1.54) is 18.2 Å². The molecule has 3 aliphatic rings. The van der Waals surface area contributed by atoms with Gasteiger partial charge in [0.2, 0.25) is 12.2 Å². The van der Waals surface area contributed by atoms with Crippen LogP contribution >= 0.6 is 0 Å². The van der Waals surface area contributed by atoms with Crippen LogP contribution in [0, 0.1) is 11.8 Å². The molecule has 0 bridgehead atoms. The summed E-state index contributed by atoms with van der Waals surface area (Å²) >= 11 is 0. The molecular formula is C32H40N2O10. The number of phenols is 1. The van der Waals surface area contributed by atoms with Gasteiger partial charge in [0.1, 0.15) is 36.8 Å². The number of phenolic OH excluding ortho intramolecular Hbond substituents is 1. The minimum Gasteiger partial charge on any atom is -0.504 e. The van der Waals surface area contributed by atoms with Gasteiger partial charge in [0, 0.05) is 11.8 Å². The van der Waals surface area contributed by atoms with Gasteiger partial charge >= 0.3 is 0 Å². The molecule has 12 heteroatoms. The lowest BCUT2D eigenvalue weighted by Crippen LogP contribution is -2.63. The molecule has 2 heterocycles. The fourth-order valence-corrected chi connectivity index (χ4v) is 6.34. The Bertz CT molecular complexity index is 1370. The zero-order valence-electron chi connectivity index (χ0n) is 24.6. The van der Waals surface area contributed by atoms with E-state index in [0.29, 0.717) is 16.9 Å². The highest BCUT2D eigenvalue weighted by molar-refractivity contribution is 5.97. The summed E-state index contributed by atoms with van der Waals surface area (Å²) in [5.74, 6) is -0.608. The van der Waals surface area contributed by atoms with Crippen molar-refractivity contribution in [1.29, 1.82) is 0 Å². The Labute approximate surface area is 255 Å². The van der Waals surface area contributed by atoms with Crippen LogP contribution < -0.4 is 14.8 Å². The molecule has 0 spiro atoms. The number of pyridine rings is 1. The van der Waals surface area contributed by atoms with Gasteiger partial charge < -0.3 is 50.2 Å². The summed E-state index contributed by atoms with van der Waals surface area (Å²) in [6.45, 7) is 3.48. The predicted octanol–water partition coefficient (Wildman–Crippen LogP) is 1.04. The van der Waals surface area contributed by atoms with Crippen LogP contribution in [0.5, 0.6) is 17.2 Å². The first-order chi connectivity index (χ1) is 21.0. The van der Waals surface area contributed by atoms with E-state index in [4.69, 9.17) is 14.2 Å². The Balaban J connectivity index is 1.18. The molecule has 3 fully saturated rings. The van der Waals surface area contributed by atoms with Gasteiger partial charge in [-0.05, 0) is 86.1 Å². The van der Waals surface area contributed by atoms with Gasteiger partial charge in [0.15, 0.2) is 11.5 Å². The number of carbonyl (C=O) groups is 1. The summed E-state index contributed by atoms with van der Waals surface area (Å²) in [4.78, 5) is 16.9. The molecule has 7 N–H and O–H groups in total. The van der Waals surface area contributed by atoms with Crippen LogP contribution in [0.15, 0.2) is 59.9 Å². The third-order valence-corrected chi connectivity index (χ3v) is 8.81. The molecule has 5 rings (SSSR count). The third kappa shape index (κ3) is 6.75. The Morgan fingerprint density at radius 3 is 2.48 bits per heavy atom. The van der Waals surface area contributed by atoms with Gasteiger partial charge in [0.05, 0.1) is 24.4 Å². The molecule has 1 aliphatic heterocycles. The Kier molecular flexibility index (Phi) is 9.88. The van der Waals surface area contributed by atoms with Crippen LogP contribution in [-0.4, -0.2) is 97.1 Å². The fraction of sp³-hybridized carbons (Fsp3) is 0.500. The maximum absolute atomic E-state index is 12.9. The monoisotopic (exact) mass is 612 g/mol. The topological polar surface area (TPSA) is 191 Å². The third-order valence-electron chi connectivity index (χ3n) is 8.81. The number of benzene rings is 1. The second-order valence-electron chi connectivity index (χ2n) is 11.8. The minimum atomic E-state index is -1.39. The molecular weight excluding hydrogens is 572 g/mol. The van der Waals surface area contributed by atoms with Crippen LogP contribution in [0.1, 0.15) is 38.7 Å². The normalized spacial score (nSPS) is 34.0. The van der Waals surface area contributed by atoms with Crippen molar-refractivity contribution in [2.45, 2.75) is 82.1 Å². The standard InChI is InChI=1S/C32H40N2O10/c1-16(10-12-42-19-5-4-11-33-15-19)30-28(39)29(40)32(44-30)43-23-9-8-18(14-22(23)35)13-17(2)31(41)34-24-25(36)20-6-3-7-21(20)26(37)27(24)38/h4-5,8-11,13-15,20-21,24-30,32,35-40H,3,6-7,12H2,1-2H3,(H,34,41)/b16-10+,17-13+/t20-,21+,24+,25+,26+,27+,28+,29+,30-,32-/m1/s1. The Morgan fingerprint density at radius 1 is 1.02 bits per heavy atom. The summed E-state index contributed by atoms with van der Waals surface area (Å²) in [5, 5.41) is 66.3. The van der Waals surface area contributed by atoms with E-state index in [1.807, 2.05) is 0 Å². The van der Waals surface area contributed by atoms with Crippen molar-refractivity contribution in [3.05, 3.63) is 65.5 Å². The molecule has 2 saturated carbocycles. The van der Waals surface area contributed by atoms with E-state index in [9.17, 15) is 35.4 Å². The Morgan fingerprint density at radius 2 is 1.77 bits per heavy atom. The summed E-state index contributed by atoms with van der Waals surface area (Å²) in [6, 6.07) is 6.89. The smallest absolute Gasteiger partial charge is 0.247 e.